The van der Waals surface area contributed by atoms with Crippen molar-refractivity contribution in [3.63, 3.8) is 0 Å². The van der Waals surface area contributed by atoms with E-state index in [0.717, 1.165) is 0 Å². The van der Waals surface area contributed by atoms with Crippen molar-refractivity contribution in [3.05, 3.63) is 0 Å². The number of nitrogens with zero attached hydrogens (tertiary/aromatic N) is 1. The maximum atomic E-state index is 12.2. The van der Waals surface area contributed by atoms with E-state index in [1.165, 1.54) is 4.31 Å². The van der Waals surface area contributed by atoms with E-state index in [2.05, 4.69) is 0 Å². The summed E-state index contributed by atoms with van der Waals surface area (Å²) in [5, 5.41) is -0.311. The lowest BCUT2D eigenvalue weighted by molar-refractivity contribution is -0.120. The van der Waals surface area contributed by atoms with Crippen molar-refractivity contribution in [3.8, 4) is 0 Å². The zero-order valence-electron chi connectivity index (χ0n) is 9.22. The fourth-order valence-electron chi connectivity index (χ4n) is 2.17. The van der Waals surface area contributed by atoms with E-state index in [-0.39, 0.29) is 11.0 Å². The van der Waals surface area contributed by atoms with Gasteiger partial charge in [-0.25, -0.2) is 12.7 Å². The van der Waals surface area contributed by atoms with Crippen LogP contribution in [0.5, 0.6) is 0 Å². The highest BCUT2D eigenvalue weighted by atomic mass is 32.2. The third-order valence-corrected chi connectivity index (χ3v) is 5.63. The van der Waals surface area contributed by atoms with Crippen LogP contribution in [0.1, 0.15) is 25.7 Å². The van der Waals surface area contributed by atoms with Gasteiger partial charge in [0.05, 0.1) is 5.25 Å². The van der Waals surface area contributed by atoms with E-state index in [4.69, 9.17) is 4.74 Å². The maximum absolute atomic E-state index is 12.2. The molecule has 0 spiro atoms. The molecule has 0 aromatic rings. The predicted molar refractivity (Wildman–Crippen MR) is 58.6 cm³/mol. The number of piperidine rings is 1. The van der Waals surface area contributed by atoms with E-state index >= 15 is 0 Å². The maximum Gasteiger partial charge on any atom is 0.217 e. The summed E-state index contributed by atoms with van der Waals surface area (Å²) < 4.78 is 31.1. The molecule has 16 heavy (non-hydrogen) atoms. The molecule has 92 valence electrons. The minimum absolute atomic E-state index is 0.165. The number of ketones is 1. The SMILES string of the molecule is O=C1CCN(S(=O)(=O)C2CCOCC2)CC1. The molecule has 2 aliphatic rings. The Bertz CT molecular complexity index is 349. The van der Waals surface area contributed by atoms with E-state index in [1.807, 2.05) is 0 Å². The second-order valence-electron chi connectivity index (χ2n) is 4.29. The van der Waals surface area contributed by atoms with Crippen LogP contribution in [0, 0.1) is 0 Å². The van der Waals surface area contributed by atoms with E-state index in [1.54, 1.807) is 0 Å². The van der Waals surface area contributed by atoms with E-state index in [9.17, 15) is 13.2 Å². The zero-order valence-corrected chi connectivity index (χ0v) is 10.0. The average molecular weight is 247 g/mol. The van der Waals surface area contributed by atoms with Crippen LogP contribution in [-0.4, -0.2) is 50.1 Å². The highest BCUT2D eigenvalue weighted by Gasteiger charge is 2.34. The standard InChI is InChI=1S/C10H17NO4S/c12-9-1-5-11(6-2-9)16(13,14)10-3-7-15-8-4-10/h10H,1-8H2. The topological polar surface area (TPSA) is 63.7 Å². The Hall–Kier alpha value is -0.460. The first kappa shape index (κ1) is 12.0. The summed E-state index contributed by atoms with van der Waals surface area (Å²) in [6.07, 6.45) is 1.88. The molecule has 6 heteroatoms. The number of hydrogen-bond donors (Lipinski definition) is 0. The van der Waals surface area contributed by atoms with Gasteiger partial charge in [0.1, 0.15) is 5.78 Å². The Balaban J connectivity index is 2.03. The first-order valence-corrected chi connectivity index (χ1v) is 7.19. The van der Waals surface area contributed by atoms with Gasteiger partial charge in [-0.2, -0.15) is 0 Å². The summed E-state index contributed by atoms with van der Waals surface area (Å²) >= 11 is 0. The summed E-state index contributed by atoms with van der Waals surface area (Å²) in [6, 6.07) is 0. The van der Waals surface area contributed by atoms with Crippen molar-refractivity contribution in [2.45, 2.75) is 30.9 Å². The molecular formula is C10H17NO4S. The molecule has 0 atom stereocenters. The Morgan fingerprint density at radius 1 is 1.12 bits per heavy atom. The molecular weight excluding hydrogens is 230 g/mol. The monoisotopic (exact) mass is 247 g/mol. The number of carbonyl (C=O) groups excluding carboxylic acids is 1. The summed E-state index contributed by atoms with van der Waals surface area (Å²) in [5.74, 6) is 0.165. The molecule has 2 rings (SSSR count). The highest BCUT2D eigenvalue weighted by molar-refractivity contribution is 7.89. The van der Waals surface area contributed by atoms with Gasteiger partial charge < -0.3 is 4.74 Å². The van der Waals surface area contributed by atoms with Crippen molar-refractivity contribution >= 4 is 15.8 Å². The largest absolute Gasteiger partial charge is 0.381 e. The summed E-state index contributed by atoms with van der Waals surface area (Å²) in [4.78, 5) is 11.1. The first-order valence-electron chi connectivity index (χ1n) is 5.69. The normalized spacial score (nSPS) is 25.9. The number of rotatable bonds is 2. The second kappa shape index (κ2) is 4.81. The van der Waals surface area contributed by atoms with E-state index in [0.29, 0.717) is 52.0 Å². The number of ether oxygens (including phenoxy) is 1. The predicted octanol–water partition coefficient (Wildman–Crippen LogP) is 0.160. The van der Waals surface area contributed by atoms with Gasteiger partial charge in [-0.15, -0.1) is 0 Å². The van der Waals surface area contributed by atoms with Gasteiger partial charge in [-0.1, -0.05) is 0 Å². The molecule has 0 N–H and O–H groups in total. The van der Waals surface area contributed by atoms with Crippen LogP contribution in [0.25, 0.3) is 0 Å². The fraction of sp³-hybridized carbons (Fsp3) is 0.900. The molecule has 0 aromatic heterocycles. The molecule has 2 fully saturated rings. The molecule has 0 saturated carbocycles. The molecule has 0 aliphatic carbocycles. The molecule has 0 bridgehead atoms. The summed E-state index contributed by atoms with van der Waals surface area (Å²) in [7, 11) is -3.21. The van der Waals surface area contributed by atoms with Gasteiger partial charge in [0.15, 0.2) is 0 Å². The summed E-state index contributed by atoms with van der Waals surface area (Å²) in [5.41, 5.74) is 0. The Morgan fingerprint density at radius 2 is 1.69 bits per heavy atom. The van der Waals surface area contributed by atoms with Gasteiger partial charge in [0.25, 0.3) is 0 Å². The molecule has 2 heterocycles. The van der Waals surface area contributed by atoms with Gasteiger partial charge in [-0.05, 0) is 12.8 Å². The third-order valence-electron chi connectivity index (χ3n) is 3.23. The van der Waals surface area contributed by atoms with Crippen LogP contribution in [0.2, 0.25) is 0 Å². The van der Waals surface area contributed by atoms with Gasteiger partial charge in [0, 0.05) is 39.1 Å². The van der Waals surface area contributed by atoms with Crippen LogP contribution in [0.15, 0.2) is 0 Å². The number of Topliss-reactive ketones (excluding diaryl/α,β-unsaturated/α-hetero) is 1. The van der Waals surface area contributed by atoms with Gasteiger partial charge in [0.2, 0.25) is 10.0 Å². The lowest BCUT2D eigenvalue weighted by Crippen LogP contribution is -2.45. The van der Waals surface area contributed by atoms with Gasteiger partial charge in [-0.3, -0.25) is 4.79 Å². The number of carbonyl (C=O) groups is 1. The van der Waals surface area contributed by atoms with Crippen LogP contribution >= 0.6 is 0 Å². The molecule has 0 aromatic carbocycles. The lowest BCUT2D eigenvalue weighted by Gasteiger charge is -2.31. The average Bonchev–Trinajstić information content (AvgIpc) is 2.31. The smallest absolute Gasteiger partial charge is 0.217 e. The highest BCUT2D eigenvalue weighted by Crippen LogP contribution is 2.22. The van der Waals surface area contributed by atoms with Crippen molar-refractivity contribution in [2.24, 2.45) is 0 Å². The van der Waals surface area contributed by atoms with Crippen molar-refractivity contribution in [1.82, 2.24) is 4.31 Å². The van der Waals surface area contributed by atoms with Crippen LogP contribution in [0.3, 0.4) is 0 Å². The second-order valence-corrected chi connectivity index (χ2v) is 6.51. The van der Waals surface area contributed by atoms with Gasteiger partial charge >= 0.3 is 0 Å². The molecule has 5 nitrogen and oxygen atoms in total. The van der Waals surface area contributed by atoms with Crippen LogP contribution < -0.4 is 0 Å². The van der Waals surface area contributed by atoms with Crippen molar-refractivity contribution in [1.29, 1.82) is 0 Å². The number of sulfonamides is 1. The van der Waals surface area contributed by atoms with Crippen LogP contribution in [0.4, 0.5) is 0 Å². The fourth-order valence-corrected chi connectivity index (χ4v) is 4.08. The molecule has 0 amide bonds. The lowest BCUT2D eigenvalue weighted by atomic mass is 10.1. The summed E-state index contributed by atoms with van der Waals surface area (Å²) in [6.45, 7) is 1.77. The molecule has 2 aliphatic heterocycles. The molecule has 0 radical (unpaired) electrons. The Labute approximate surface area is 95.8 Å². The van der Waals surface area contributed by atoms with Crippen LogP contribution in [-0.2, 0) is 19.6 Å². The number of hydrogen-bond acceptors (Lipinski definition) is 4. The van der Waals surface area contributed by atoms with Crippen molar-refractivity contribution in [2.75, 3.05) is 26.3 Å². The zero-order chi connectivity index (χ0) is 11.6. The first-order chi connectivity index (χ1) is 7.60. The Morgan fingerprint density at radius 3 is 2.25 bits per heavy atom. The van der Waals surface area contributed by atoms with E-state index < -0.39 is 10.0 Å². The quantitative estimate of drug-likeness (QED) is 0.697. The molecule has 0 unspecified atom stereocenters. The Kier molecular flexibility index (Phi) is 3.61. The third kappa shape index (κ3) is 2.44. The molecule has 2 saturated heterocycles. The van der Waals surface area contributed by atoms with Crippen molar-refractivity contribution < 1.29 is 17.9 Å². The minimum Gasteiger partial charge on any atom is -0.381 e. The minimum atomic E-state index is -3.21.